The monoisotopic (exact) mass is 535 g/mol. The highest BCUT2D eigenvalue weighted by atomic mass is 79.9. The van der Waals surface area contributed by atoms with E-state index in [4.69, 9.17) is 0 Å². The van der Waals surface area contributed by atoms with E-state index in [0.717, 1.165) is 33.1 Å². The molecular weight excluding hydrogens is 510 g/mol. The van der Waals surface area contributed by atoms with Gasteiger partial charge in [-0.2, -0.15) is 0 Å². The molecule has 1 N–H and O–H groups in total. The first-order valence-electron chi connectivity index (χ1n) is 11.6. The van der Waals surface area contributed by atoms with Gasteiger partial charge < -0.3 is 19.7 Å². The maximum absolute atomic E-state index is 13.7. The molecule has 1 saturated heterocycles. The number of carbonyl (C=O) groups excluding carboxylic acids is 3. The Morgan fingerprint density at radius 2 is 2.00 bits per heavy atom. The van der Waals surface area contributed by atoms with Gasteiger partial charge in [0.25, 0.3) is 5.91 Å². The molecule has 0 aliphatic carbocycles. The summed E-state index contributed by atoms with van der Waals surface area (Å²) < 4.78 is 2.77. The van der Waals surface area contributed by atoms with Crippen molar-refractivity contribution in [3.05, 3.63) is 76.2 Å². The van der Waals surface area contributed by atoms with Crippen molar-refractivity contribution in [3.8, 4) is 0 Å². The molecule has 1 aromatic carbocycles. The van der Waals surface area contributed by atoms with Crippen LogP contribution in [0.2, 0.25) is 0 Å². The summed E-state index contributed by atoms with van der Waals surface area (Å²) in [4.78, 5) is 46.0. The van der Waals surface area contributed by atoms with Crippen LogP contribution < -0.4 is 5.32 Å². The van der Waals surface area contributed by atoms with Gasteiger partial charge in [0.2, 0.25) is 11.8 Å². The molecule has 1 fully saturated rings. The second-order valence-corrected chi connectivity index (χ2v) is 9.96. The lowest BCUT2D eigenvalue weighted by atomic mass is 10.0. The summed E-state index contributed by atoms with van der Waals surface area (Å²) >= 11 is 3.53. The molecule has 0 bridgehead atoms. The minimum atomic E-state index is -0.152. The molecule has 5 rings (SSSR count). The van der Waals surface area contributed by atoms with E-state index in [2.05, 4.69) is 32.8 Å². The highest BCUT2D eigenvalue weighted by Crippen LogP contribution is 2.31. The summed E-state index contributed by atoms with van der Waals surface area (Å²) in [6.07, 6.45) is 5.69. The van der Waals surface area contributed by atoms with Crippen LogP contribution in [0.5, 0.6) is 0 Å². The number of carbonyl (C=O) groups is 3. The fourth-order valence-corrected chi connectivity index (χ4v) is 5.30. The van der Waals surface area contributed by atoms with Crippen LogP contribution in [0.3, 0.4) is 0 Å². The van der Waals surface area contributed by atoms with Gasteiger partial charge in [0, 0.05) is 59.6 Å². The van der Waals surface area contributed by atoms with Crippen molar-refractivity contribution in [2.45, 2.75) is 32.5 Å². The topological polar surface area (TPSA) is 87.5 Å². The summed E-state index contributed by atoms with van der Waals surface area (Å²) in [5.41, 5.74) is 4.51. The minimum Gasteiger partial charge on any atom is -0.348 e. The normalized spacial score (nSPS) is 15.5. The Morgan fingerprint density at radius 1 is 1.20 bits per heavy atom. The van der Waals surface area contributed by atoms with E-state index < -0.39 is 0 Å². The van der Waals surface area contributed by atoms with E-state index in [1.54, 1.807) is 11.1 Å². The van der Waals surface area contributed by atoms with Gasteiger partial charge in [-0.15, -0.1) is 0 Å². The molecule has 3 aromatic rings. The minimum absolute atomic E-state index is 0.0446. The highest BCUT2D eigenvalue weighted by molar-refractivity contribution is 9.10. The number of hydrogen-bond donors (Lipinski definition) is 1. The summed E-state index contributed by atoms with van der Waals surface area (Å²) in [6, 6.07) is 7.72. The number of aromatic nitrogens is 2. The first-order chi connectivity index (χ1) is 16.9. The molecule has 2 aliphatic rings. The number of nitrogens with zero attached hydrogens (tertiary/aromatic N) is 4. The number of halogens is 1. The average molecular weight is 536 g/mol. The van der Waals surface area contributed by atoms with Gasteiger partial charge in [0.05, 0.1) is 11.6 Å². The van der Waals surface area contributed by atoms with Crippen molar-refractivity contribution >= 4 is 44.6 Å². The fourth-order valence-electron chi connectivity index (χ4n) is 4.94. The predicted molar refractivity (Wildman–Crippen MR) is 136 cm³/mol. The number of amides is 3. The van der Waals surface area contributed by atoms with E-state index in [1.165, 1.54) is 11.6 Å². The molecule has 3 amide bonds. The zero-order valence-electron chi connectivity index (χ0n) is 19.5. The number of likely N-dealkylation sites (tertiary alicyclic amines) is 1. The highest BCUT2D eigenvalue weighted by Gasteiger charge is 2.31. The third kappa shape index (κ3) is 4.36. The van der Waals surface area contributed by atoms with Crippen molar-refractivity contribution in [1.82, 2.24) is 24.7 Å². The van der Waals surface area contributed by atoms with Crippen molar-refractivity contribution in [3.63, 3.8) is 0 Å². The van der Waals surface area contributed by atoms with Crippen molar-refractivity contribution in [1.29, 1.82) is 0 Å². The molecule has 2 aliphatic heterocycles. The molecule has 0 unspecified atom stereocenters. The molecule has 35 heavy (non-hydrogen) atoms. The number of nitrogens with one attached hydrogen (secondary N) is 1. The zero-order valence-corrected chi connectivity index (χ0v) is 21.0. The number of pyridine rings is 1. The first kappa shape index (κ1) is 23.3. The lowest BCUT2D eigenvalue weighted by Crippen LogP contribution is -2.61. The van der Waals surface area contributed by atoms with Gasteiger partial charge in [-0.05, 0) is 54.8 Å². The summed E-state index contributed by atoms with van der Waals surface area (Å²) in [5.74, 6) is -0.329. The Morgan fingerprint density at radius 3 is 2.77 bits per heavy atom. The number of rotatable bonds is 5. The van der Waals surface area contributed by atoms with Gasteiger partial charge in [0.15, 0.2) is 0 Å². The molecule has 9 heteroatoms. The maximum atomic E-state index is 13.7. The second-order valence-electron chi connectivity index (χ2n) is 9.04. The van der Waals surface area contributed by atoms with Gasteiger partial charge in [0.1, 0.15) is 6.54 Å². The predicted octanol–water partition coefficient (Wildman–Crippen LogP) is 2.82. The number of hydrogen-bond acceptors (Lipinski definition) is 4. The Hall–Kier alpha value is -3.46. The maximum Gasteiger partial charge on any atom is 0.256 e. The van der Waals surface area contributed by atoms with Gasteiger partial charge in [-0.1, -0.05) is 22.5 Å². The van der Waals surface area contributed by atoms with Crippen LogP contribution in [0.25, 0.3) is 10.9 Å². The van der Waals surface area contributed by atoms with Crippen LogP contribution >= 0.6 is 15.9 Å². The van der Waals surface area contributed by atoms with E-state index >= 15 is 0 Å². The lowest BCUT2D eigenvalue weighted by molar-refractivity contribution is -0.133. The van der Waals surface area contributed by atoms with Crippen LogP contribution in [0.4, 0.5) is 0 Å². The quantitative estimate of drug-likeness (QED) is 0.509. The third-order valence-electron chi connectivity index (χ3n) is 6.84. The smallest absolute Gasteiger partial charge is 0.256 e. The second kappa shape index (κ2) is 9.30. The first-order valence-corrected chi connectivity index (χ1v) is 12.3. The molecule has 180 valence electrons. The molecule has 0 spiro atoms. The SMILES string of the molecule is C=CC(=O)N1CC(NC(=O)Cn2c(C)c(C(=O)N3CCc4ccncc4C3)c3cc(Br)ccc32)C1. The van der Waals surface area contributed by atoms with E-state index in [-0.39, 0.29) is 30.3 Å². The van der Waals surface area contributed by atoms with Crippen LogP contribution in [-0.4, -0.2) is 62.7 Å². The van der Waals surface area contributed by atoms with Gasteiger partial charge in [-0.25, -0.2) is 0 Å². The van der Waals surface area contributed by atoms with Crippen molar-refractivity contribution in [2.24, 2.45) is 0 Å². The number of fused-ring (bicyclic) bond motifs is 2. The van der Waals surface area contributed by atoms with Crippen LogP contribution in [0.1, 0.15) is 27.2 Å². The fraction of sp³-hybridized carbons (Fsp3) is 0.308. The Kier molecular flexibility index (Phi) is 6.19. The van der Waals surface area contributed by atoms with E-state index in [9.17, 15) is 14.4 Å². The number of benzene rings is 1. The largest absolute Gasteiger partial charge is 0.348 e. The zero-order chi connectivity index (χ0) is 24.7. The Bertz CT molecular complexity index is 1360. The molecule has 0 radical (unpaired) electrons. The van der Waals surface area contributed by atoms with E-state index in [1.807, 2.05) is 46.9 Å². The average Bonchev–Trinajstić information content (AvgIpc) is 3.10. The molecule has 0 atom stereocenters. The summed E-state index contributed by atoms with van der Waals surface area (Å²) in [6.45, 7) is 7.58. The van der Waals surface area contributed by atoms with Crippen LogP contribution in [0, 0.1) is 6.92 Å². The van der Waals surface area contributed by atoms with Gasteiger partial charge >= 0.3 is 0 Å². The van der Waals surface area contributed by atoms with Crippen LogP contribution in [0.15, 0.2) is 53.8 Å². The standard InChI is InChI=1S/C26H26BrN5O3/c1-3-24(34)31-13-20(14-31)29-23(33)15-32-16(2)25(21-10-19(27)4-5-22(21)32)26(35)30-9-7-17-6-8-28-11-18(17)12-30/h3-6,8,10-11,20H,1,7,9,12-15H2,2H3,(H,29,33). The lowest BCUT2D eigenvalue weighted by Gasteiger charge is -2.38. The Balaban J connectivity index is 1.39. The molecule has 4 heterocycles. The third-order valence-corrected chi connectivity index (χ3v) is 7.33. The summed E-state index contributed by atoms with van der Waals surface area (Å²) in [7, 11) is 0. The van der Waals surface area contributed by atoms with E-state index in [0.29, 0.717) is 31.7 Å². The molecule has 0 saturated carbocycles. The Labute approximate surface area is 211 Å². The van der Waals surface area contributed by atoms with Gasteiger partial charge in [-0.3, -0.25) is 19.4 Å². The van der Waals surface area contributed by atoms with Crippen LogP contribution in [-0.2, 0) is 29.1 Å². The van der Waals surface area contributed by atoms with Crippen molar-refractivity contribution in [2.75, 3.05) is 19.6 Å². The summed E-state index contributed by atoms with van der Waals surface area (Å²) in [5, 5.41) is 3.81. The van der Waals surface area contributed by atoms with Crippen molar-refractivity contribution < 1.29 is 14.4 Å². The molecule has 8 nitrogen and oxygen atoms in total. The molecular formula is C26H26BrN5O3. The molecule has 2 aromatic heterocycles.